The fourth-order valence-corrected chi connectivity index (χ4v) is 6.04. The molecular formula is C25H25ClN4O3S. The summed E-state index contributed by atoms with van der Waals surface area (Å²) in [4.78, 5) is 13.0. The van der Waals surface area contributed by atoms with Crippen molar-refractivity contribution in [3.8, 4) is 6.07 Å². The van der Waals surface area contributed by atoms with Gasteiger partial charge in [-0.15, -0.1) is 0 Å². The monoisotopic (exact) mass is 496 g/mol. The van der Waals surface area contributed by atoms with Gasteiger partial charge >= 0.3 is 0 Å². The minimum Gasteiger partial charge on any atom is -0.345 e. The van der Waals surface area contributed by atoms with Crippen molar-refractivity contribution in [1.29, 1.82) is 5.26 Å². The smallest absolute Gasteiger partial charge is 0.272 e. The number of hydrogen-bond acceptors (Lipinski definition) is 4. The molecule has 9 heteroatoms. The predicted molar refractivity (Wildman–Crippen MR) is 131 cm³/mol. The van der Waals surface area contributed by atoms with Gasteiger partial charge in [-0.2, -0.15) is 9.57 Å². The minimum absolute atomic E-state index is 0.107. The van der Waals surface area contributed by atoms with Gasteiger partial charge in [-0.25, -0.2) is 8.42 Å². The third-order valence-corrected chi connectivity index (χ3v) is 8.19. The maximum atomic E-state index is 13.0. The van der Waals surface area contributed by atoms with Gasteiger partial charge in [-0.1, -0.05) is 54.4 Å². The second-order valence-corrected chi connectivity index (χ2v) is 10.6. The number of piperidine rings is 1. The molecule has 1 aliphatic rings. The van der Waals surface area contributed by atoms with E-state index in [0.29, 0.717) is 29.4 Å². The first-order valence-electron chi connectivity index (χ1n) is 11.0. The zero-order chi connectivity index (χ0) is 24.3. The van der Waals surface area contributed by atoms with Crippen LogP contribution in [0.3, 0.4) is 0 Å². The second kappa shape index (κ2) is 10.0. The number of nitriles is 1. The van der Waals surface area contributed by atoms with E-state index in [1.165, 1.54) is 21.1 Å². The van der Waals surface area contributed by atoms with Crippen LogP contribution in [-0.2, 0) is 17.1 Å². The molecule has 1 N–H and O–H groups in total. The molecule has 1 aliphatic heterocycles. The standard InChI is InChI=1S/C25H25ClN4O3S/c1-29-17-20(34(32,33)30-12-6-3-7-13-30)15-24(29)25(31)28-19-10-11-21(23(26)14-19)22(16-27)18-8-4-2-5-9-18/h2,4-5,8-11,14-15,17,22H,3,6-7,12-13H2,1H3,(H,28,31). The van der Waals surface area contributed by atoms with E-state index in [2.05, 4.69) is 11.4 Å². The molecule has 1 aromatic heterocycles. The third-order valence-electron chi connectivity index (χ3n) is 6.00. The van der Waals surface area contributed by atoms with Gasteiger partial charge in [-0.05, 0) is 42.2 Å². The minimum atomic E-state index is -3.64. The molecule has 1 amide bonds. The van der Waals surface area contributed by atoms with Crippen LogP contribution >= 0.6 is 11.6 Å². The third kappa shape index (κ3) is 4.87. The van der Waals surface area contributed by atoms with Crippen LogP contribution in [-0.4, -0.2) is 36.3 Å². The summed E-state index contributed by atoms with van der Waals surface area (Å²) in [5.41, 5.74) is 2.14. The van der Waals surface area contributed by atoms with Crippen LogP contribution < -0.4 is 5.32 Å². The molecule has 34 heavy (non-hydrogen) atoms. The number of aromatic nitrogens is 1. The summed E-state index contributed by atoms with van der Waals surface area (Å²) in [6.07, 6.45) is 4.17. The number of nitrogens with one attached hydrogen (secondary N) is 1. The summed E-state index contributed by atoms with van der Waals surface area (Å²) >= 11 is 6.47. The van der Waals surface area contributed by atoms with Gasteiger partial charge in [-0.3, -0.25) is 4.79 Å². The number of anilines is 1. The van der Waals surface area contributed by atoms with Crippen molar-refractivity contribution in [1.82, 2.24) is 8.87 Å². The van der Waals surface area contributed by atoms with Gasteiger partial charge in [0.25, 0.3) is 5.91 Å². The molecule has 0 radical (unpaired) electrons. The normalized spacial score (nSPS) is 15.4. The summed E-state index contributed by atoms with van der Waals surface area (Å²) in [6, 6.07) is 18.0. The summed E-state index contributed by atoms with van der Waals surface area (Å²) in [5.74, 6) is -0.986. The van der Waals surface area contributed by atoms with Gasteiger partial charge in [0.2, 0.25) is 10.0 Å². The average Bonchev–Trinajstić information content (AvgIpc) is 3.25. The van der Waals surface area contributed by atoms with E-state index in [0.717, 1.165) is 24.8 Å². The van der Waals surface area contributed by atoms with Gasteiger partial charge in [0.15, 0.2) is 0 Å². The molecule has 2 heterocycles. The first-order valence-corrected chi connectivity index (χ1v) is 12.8. The van der Waals surface area contributed by atoms with E-state index in [4.69, 9.17) is 11.6 Å². The fourth-order valence-electron chi connectivity index (χ4n) is 4.16. The number of carbonyl (C=O) groups is 1. The van der Waals surface area contributed by atoms with E-state index in [-0.39, 0.29) is 10.6 Å². The summed E-state index contributed by atoms with van der Waals surface area (Å²) in [7, 11) is -2.00. The van der Waals surface area contributed by atoms with Crippen molar-refractivity contribution < 1.29 is 13.2 Å². The predicted octanol–water partition coefficient (Wildman–Crippen LogP) is 4.76. The number of sulfonamides is 1. The fraction of sp³-hybridized carbons (Fsp3) is 0.280. The zero-order valence-corrected chi connectivity index (χ0v) is 20.3. The molecule has 2 aromatic carbocycles. The molecule has 3 aromatic rings. The molecule has 0 spiro atoms. The number of amides is 1. The topological polar surface area (TPSA) is 95.2 Å². The van der Waals surface area contributed by atoms with Crippen molar-refractivity contribution in [2.75, 3.05) is 18.4 Å². The number of rotatable bonds is 6. The van der Waals surface area contributed by atoms with E-state index in [9.17, 15) is 18.5 Å². The Morgan fingerprint density at radius 3 is 2.44 bits per heavy atom. The van der Waals surface area contributed by atoms with Crippen molar-refractivity contribution in [2.24, 2.45) is 7.05 Å². The Hall–Kier alpha value is -3.12. The van der Waals surface area contributed by atoms with E-state index < -0.39 is 21.8 Å². The van der Waals surface area contributed by atoms with Crippen molar-refractivity contribution in [2.45, 2.75) is 30.1 Å². The maximum absolute atomic E-state index is 13.0. The molecule has 1 saturated heterocycles. The largest absolute Gasteiger partial charge is 0.345 e. The Balaban J connectivity index is 1.53. The molecule has 1 unspecified atom stereocenters. The van der Waals surface area contributed by atoms with Crippen LogP contribution in [0.5, 0.6) is 0 Å². The van der Waals surface area contributed by atoms with Crippen LogP contribution in [0, 0.1) is 11.3 Å². The molecule has 176 valence electrons. The Morgan fingerprint density at radius 1 is 1.09 bits per heavy atom. The number of nitrogens with zero attached hydrogens (tertiary/aromatic N) is 3. The lowest BCUT2D eigenvalue weighted by atomic mass is 9.92. The summed E-state index contributed by atoms with van der Waals surface area (Å²) in [5, 5.41) is 12.8. The highest BCUT2D eigenvalue weighted by Gasteiger charge is 2.28. The van der Waals surface area contributed by atoms with Crippen molar-refractivity contribution in [3.63, 3.8) is 0 Å². The Labute approximate surface area is 204 Å². The Morgan fingerprint density at radius 2 is 1.79 bits per heavy atom. The van der Waals surface area contributed by atoms with Gasteiger partial charge in [0.1, 0.15) is 10.6 Å². The first-order chi connectivity index (χ1) is 16.3. The highest BCUT2D eigenvalue weighted by atomic mass is 35.5. The number of carbonyl (C=O) groups excluding carboxylic acids is 1. The van der Waals surface area contributed by atoms with Crippen molar-refractivity contribution in [3.05, 3.63) is 82.6 Å². The van der Waals surface area contributed by atoms with E-state index in [1.54, 1.807) is 25.2 Å². The molecule has 7 nitrogen and oxygen atoms in total. The van der Waals surface area contributed by atoms with Crippen LogP contribution in [0.1, 0.15) is 46.8 Å². The first kappa shape index (κ1) is 24.0. The summed E-state index contributed by atoms with van der Waals surface area (Å²) < 4.78 is 28.9. The highest BCUT2D eigenvalue weighted by Crippen LogP contribution is 2.32. The molecule has 4 rings (SSSR count). The van der Waals surface area contributed by atoms with E-state index >= 15 is 0 Å². The number of halogens is 1. The Kier molecular flexibility index (Phi) is 7.08. The van der Waals surface area contributed by atoms with Crippen molar-refractivity contribution >= 4 is 33.2 Å². The second-order valence-electron chi connectivity index (χ2n) is 8.30. The SMILES string of the molecule is Cn1cc(S(=O)(=O)N2CCCCC2)cc1C(=O)Nc1ccc(C(C#N)c2ccccc2)c(Cl)c1. The van der Waals surface area contributed by atoms with E-state index in [1.807, 2.05) is 30.3 Å². The highest BCUT2D eigenvalue weighted by molar-refractivity contribution is 7.89. The molecule has 0 aliphatic carbocycles. The quantitative estimate of drug-likeness (QED) is 0.532. The van der Waals surface area contributed by atoms with Crippen LogP contribution in [0.25, 0.3) is 0 Å². The number of hydrogen-bond donors (Lipinski definition) is 1. The van der Waals surface area contributed by atoms with Gasteiger partial charge in [0, 0.05) is 37.0 Å². The van der Waals surface area contributed by atoms with Gasteiger partial charge < -0.3 is 9.88 Å². The molecule has 0 saturated carbocycles. The lowest BCUT2D eigenvalue weighted by Gasteiger charge is -2.25. The molecule has 1 atom stereocenters. The van der Waals surface area contributed by atoms with Gasteiger partial charge in [0.05, 0.1) is 12.0 Å². The van der Waals surface area contributed by atoms with Crippen LogP contribution in [0.15, 0.2) is 65.7 Å². The lowest BCUT2D eigenvalue weighted by Crippen LogP contribution is -2.35. The number of aryl methyl sites for hydroxylation is 1. The van der Waals surface area contributed by atoms with Crippen LogP contribution in [0.4, 0.5) is 5.69 Å². The molecule has 1 fully saturated rings. The average molecular weight is 497 g/mol. The number of benzene rings is 2. The van der Waals surface area contributed by atoms with Crippen LogP contribution in [0.2, 0.25) is 5.02 Å². The lowest BCUT2D eigenvalue weighted by molar-refractivity contribution is 0.101. The molecule has 0 bridgehead atoms. The molecular weight excluding hydrogens is 472 g/mol. The Bertz CT molecular complexity index is 1340. The maximum Gasteiger partial charge on any atom is 0.272 e. The summed E-state index contributed by atoms with van der Waals surface area (Å²) in [6.45, 7) is 0.993. The zero-order valence-electron chi connectivity index (χ0n) is 18.7.